The number of hydrogen-bond acceptors (Lipinski definition) is 9. The van der Waals surface area contributed by atoms with Gasteiger partial charge in [-0.25, -0.2) is 4.79 Å². The molecule has 1 aliphatic rings. The Hall–Kier alpha value is -4.57. The molecular formula is C54H94N8O8. The molecule has 1 aromatic rings. The van der Waals surface area contributed by atoms with Crippen molar-refractivity contribution < 1.29 is 38.7 Å². The quantitative estimate of drug-likeness (QED) is 0.0330. The van der Waals surface area contributed by atoms with Crippen LogP contribution in [0.5, 0.6) is 0 Å². The van der Waals surface area contributed by atoms with Gasteiger partial charge < -0.3 is 48.1 Å². The maximum atomic E-state index is 14.4. The Bertz CT molecular complexity index is 1680. The molecule has 1 aliphatic heterocycles. The number of unbranched alkanes of at least 4 members (excludes halogenated alkanes) is 14. The summed E-state index contributed by atoms with van der Waals surface area (Å²) in [5.74, 6) is -4.37. The van der Waals surface area contributed by atoms with Crippen molar-refractivity contribution in [3.8, 4) is 0 Å². The fourth-order valence-corrected chi connectivity index (χ4v) is 9.10. The summed E-state index contributed by atoms with van der Waals surface area (Å²) in [4.78, 5) is 97.3. The summed E-state index contributed by atoms with van der Waals surface area (Å²) < 4.78 is 0. The smallest absolute Gasteiger partial charge is 0.326 e. The molecule has 10 N–H and O–H groups in total. The molecule has 398 valence electrons. The van der Waals surface area contributed by atoms with Gasteiger partial charge in [-0.1, -0.05) is 148 Å². The Morgan fingerprint density at radius 1 is 0.629 bits per heavy atom. The van der Waals surface area contributed by atoms with Crippen molar-refractivity contribution in [2.75, 3.05) is 19.6 Å². The molecule has 7 atom stereocenters. The van der Waals surface area contributed by atoms with E-state index in [1.807, 2.05) is 33.8 Å². The normalized spacial score (nSPS) is 16.1. The zero-order chi connectivity index (χ0) is 51.7. The standard InChI is InChI=1S/C54H94N8O8/c1-6-8-9-10-11-12-13-14-15-16-17-18-22-33-47(63)57-44(37-39(3)4)50(65)61-48(40(5)7-2)52(67)58-42(30-23-25-34-55)49(64)59-43(31-24-26-35-56)53(68)62-36-27-32-46(62)51(66)60-45(54(69)70)38-41-28-20-19-21-29-41/h19-21,28-29,39-40,42-46,48H,6-18,22-27,30-38,55-56H2,1-5H3,(H,57,63)(H,58,67)(H,59,64)(H,60,66)(H,61,65)(H,69,70)/t40-,42-,43-,44-,45-,46-,48-/m0/s1. The number of aliphatic carboxylic acids is 1. The van der Waals surface area contributed by atoms with Crippen molar-refractivity contribution >= 4 is 41.4 Å². The summed E-state index contributed by atoms with van der Waals surface area (Å²) in [6.45, 7) is 10.9. The number of hydrogen-bond donors (Lipinski definition) is 8. The first-order valence-corrected chi connectivity index (χ1v) is 27.1. The van der Waals surface area contributed by atoms with Gasteiger partial charge in [0.2, 0.25) is 35.4 Å². The summed E-state index contributed by atoms with van der Waals surface area (Å²) in [5.41, 5.74) is 12.4. The number of nitrogens with two attached hydrogens (primary N) is 2. The number of amides is 6. The minimum Gasteiger partial charge on any atom is -0.480 e. The molecule has 1 aromatic carbocycles. The van der Waals surface area contributed by atoms with E-state index in [1.165, 1.54) is 62.7 Å². The highest BCUT2D eigenvalue weighted by Gasteiger charge is 2.40. The molecule has 0 radical (unpaired) electrons. The third-order valence-electron chi connectivity index (χ3n) is 13.5. The average molecular weight is 983 g/mol. The zero-order valence-electron chi connectivity index (χ0n) is 43.7. The highest BCUT2D eigenvalue weighted by Crippen LogP contribution is 2.22. The Morgan fingerprint density at radius 3 is 1.71 bits per heavy atom. The van der Waals surface area contributed by atoms with Crippen LogP contribution in [0.1, 0.15) is 194 Å². The predicted molar refractivity (Wildman–Crippen MR) is 277 cm³/mol. The Kier molecular flexibility index (Phi) is 32.0. The Balaban J connectivity index is 2.14. The molecule has 1 saturated heterocycles. The second kappa shape index (κ2) is 36.4. The van der Waals surface area contributed by atoms with Gasteiger partial charge in [0, 0.05) is 19.4 Å². The molecule has 1 heterocycles. The van der Waals surface area contributed by atoms with Crippen LogP contribution < -0.4 is 38.1 Å². The molecule has 0 unspecified atom stereocenters. The molecule has 0 spiro atoms. The molecule has 1 fully saturated rings. The van der Waals surface area contributed by atoms with Gasteiger partial charge in [-0.2, -0.15) is 0 Å². The lowest BCUT2D eigenvalue weighted by molar-refractivity contribution is -0.145. The third kappa shape index (κ3) is 24.5. The third-order valence-corrected chi connectivity index (χ3v) is 13.5. The number of carboxylic acid groups (broad SMARTS) is 1. The SMILES string of the molecule is CCCCCCCCCCCCCCCC(=O)N[C@@H](CC(C)C)C(=O)N[C@H](C(=O)N[C@@H](CCCCN)C(=O)N[C@@H](CCCCN)C(=O)N1CCC[C@H]1C(=O)N[C@@H](Cc1ccccc1)C(=O)O)[C@@H](C)CC. The minimum absolute atomic E-state index is 0.0633. The second-order valence-corrected chi connectivity index (χ2v) is 20.1. The molecule has 16 nitrogen and oxygen atoms in total. The molecule has 16 heteroatoms. The first kappa shape index (κ1) is 61.5. The fraction of sp³-hybridized carbons (Fsp3) is 0.759. The van der Waals surface area contributed by atoms with Crippen LogP contribution >= 0.6 is 0 Å². The van der Waals surface area contributed by atoms with Crippen LogP contribution in [0, 0.1) is 11.8 Å². The highest BCUT2D eigenvalue weighted by atomic mass is 16.4. The van der Waals surface area contributed by atoms with Gasteiger partial charge in [0.15, 0.2) is 0 Å². The van der Waals surface area contributed by atoms with Gasteiger partial charge in [0.05, 0.1) is 0 Å². The van der Waals surface area contributed by atoms with Gasteiger partial charge >= 0.3 is 5.97 Å². The molecule has 0 aromatic heterocycles. The summed E-state index contributed by atoms with van der Waals surface area (Å²) in [7, 11) is 0. The summed E-state index contributed by atoms with van der Waals surface area (Å²) in [5, 5.41) is 24.2. The number of likely N-dealkylation sites (tertiary alicyclic amines) is 1. The van der Waals surface area contributed by atoms with E-state index in [-0.39, 0.29) is 43.6 Å². The maximum Gasteiger partial charge on any atom is 0.326 e. The van der Waals surface area contributed by atoms with Crippen molar-refractivity contribution in [3.63, 3.8) is 0 Å². The molecule has 0 aliphatic carbocycles. The van der Waals surface area contributed by atoms with E-state index in [0.29, 0.717) is 70.9 Å². The predicted octanol–water partition coefficient (Wildman–Crippen LogP) is 6.56. The number of nitrogens with one attached hydrogen (secondary N) is 5. The van der Waals surface area contributed by atoms with Gasteiger partial charge in [0.25, 0.3) is 0 Å². The van der Waals surface area contributed by atoms with Crippen LogP contribution in [0.4, 0.5) is 0 Å². The molecule has 6 amide bonds. The van der Waals surface area contributed by atoms with E-state index in [4.69, 9.17) is 11.5 Å². The molecule has 2 rings (SSSR count). The highest BCUT2D eigenvalue weighted by molar-refractivity contribution is 5.97. The zero-order valence-corrected chi connectivity index (χ0v) is 43.7. The number of carboxylic acids is 1. The monoisotopic (exact) mass is 983 g/mol. The fourth-order valence-electron chi connectivity index (χ4n) is 9.10. The molecular weight excluding hydrogens is 889 g/mol. The van der Waals surface area contributed by atoms with E-state index in [0.717, 1.165) is 31.2 Å². The van der Waals surface area contributed by atoms with Crippen LogP contribution in [-0.4, -0.2) is 107 Å². The lowest BCUT2D eigenvalue weighted by Crippen LogP contribution is -2.60. The summed E-state index contributed by atoms with van der Waals surface area (Å²) >= 11 is 0. The van der Waals surface area contributed by atoms with Crippen molar-refractivity contribution in [1.82, 2.24) is 31.5 Å². The number of rotatable bonds is 39. The summed E-state index contributed by atoms with van der Waals surface area (Å²) in [6.07, 6.45) is 20.3. The number of carbonyl (C=O) groups excluding carboxylic acids is 6. The van der Waals surface area contributed by atoms with Crippen molar-refractivity contribution in [2.45, 2.75) is 231 Å². The number of carbonyl (C=O) groups is 7. The first-order chi connectivity index (χ1) is 33.7. The first-order valence-electron chi connectivity index (χ1n) is 27.1. The summed E-state index contributed by atoms with van der Waals surface area (Å²) in [6, 6.07) is 2.75. The minimum atomic E-state index is -1.21. The van der Waals surface area contributed by atoms with E-state index in [1.54, 1.807) is 24.3 Å². The van der Waals surface area contributed by atoms with E-state index >= 15 is 0 Å². The van der Waals surface area contributed by atoms with Gasteiger partial charge in [-0.3, -0.25) is 28.8 Å². The number of benzene rings is 1. The maximum absolute atomic E-state index is 14.4. The van der Waals surface area contributed by atoms with Crippen molar-refractivity contribution in [2.24, 2.45) is 23.3 Å². The lowest BCUT2D eigenvalue weighted by atomic mass is 9.96. The van der Waals surface area contributed by atoms with E-state index in [2.05, 4.69) is 33.5 Å². The van der Waals surface area contributed by atoms with Gasteiger partial charge in [-0.05, 0) is 94.7 Å². The number of nitrogens with zero attached hydrogens (tertiary/aromatic N) is 1. The van der Waals surface area contributed by atoms with Crippen LogP contribution in [0.25, 0.3) is 0 Å². The molecule has 70 heavy (non-hydrogen) atoms. The largest absolute Gasteiger partial charge is 0.480 e. The Labute approximate surface area is 420 Å². The molecule has 0 bridgehead atoms. The van der Waals surface area contributed by atoms with Crippen LogP contribution in [0.2, 0.25) is 0 Å². The van der Waals surface area contributed by atoms with Gasteiger partial charge in [-0.15, -0.1) is 0 Å². The second-order valence-electron chi connectivity index (χ2n) is 20.1. The van der Waals surface area contributed by atoms with E-state index in [9.17, 15) is 38.7 Å². The average Bonchev–Trinajstić information content (AvgIpc) is 3.84. The van der Waals surface area contributed by atoms with E-state index < -0.39 is 71.8 Å². The van der Waals surface area contributed by atoms with Crippen LogP contribution in [-0.2, 0) is 40.0 Å². The van der Waals surface area contributed by atoms with Crippen molar-refractivity contribution in [1.29, 1.82) is 0 Å². The van der Waals surface area contributed by atoms with Crippen LogP contribution in [0.3, 0.4) is 0 Å². The van der Waals surface area contributed by atoms with Crippen molar-refractivity contribution in [3.05, 3.63) is 35.9 Å². The lowest BCUT2D eigenvalue weighted by Gasteiger charge is -2.31. The van der Waals surface area contributed by atoms with Gasteiger partial charge in [0.1, 0.15) is 36.3 Å². The molecule has 0 saturated carbocycles. The Morgan fingerprint density at radius 2 is 1.17 bits per heavy atom. The van der Waals surface area contributed by atoms with Crippen LogP contribution in [0.15, 0.2) is 30.3 Å². The topological polar surface area (TPSA) is 255 Å².